The van der Waals surface area contributed by atoms with Gasteiger partial charge < -0.3 is 11.1 Å². The minimum atomic E-state index is -0.472. The van der Waals surface area contributed by atoms with E-state index in [9.17, 15) is 4.79 Å². The molecule has 1 aliphatic carbocycles. The van der Waals surface area contributed by atoms with Crippen LogP contribution in [0.5, 0.6) is 0 Å². The molecule has 1 heterocycles. The molecule has 2 atom stereocenters. The Kier molecular flexibility index (Phi) is 2.87. The molecule has 102 valence electrons. The van der Waals surface area contributed by atoms with Gasteiger partial charge in [0.2, 0.25) is 5.91 Å². The van der Waals surface area contributed by atoms with Gasteiger partial charge in [-0.15, -0.1) is 0 Å². The van der Waals surface area contributed by atoms with Crippen molar-refractivity contribution in [1.82, 2.24) is 10.2 Å². The lowest BCUT2D eigenvalue weighted by molar-refractivity contribution is -0.137. The number of rotatable bonds is 1. The number of nitrogens with zero attached hydrogens (tertiary/aromatic N) is 1. The Morgan fingerprint density at radius 3 is 2.74 bits per heavy atom. The fourth-order valence-corrected chi connectivity index (χ4v) is 3.40. The number of nitrogens with two attached hydrogens (primary N) is 1. The number of amides is 1. The smallest absolute Gasteiger partial charge is 0.240 e. The lowest BCUT2D eigenvalue weighted by Gasteiger charge is -2.45. The number of hydrogen-bond donors (Lipinski definition) is 2. The molecule has 0 aromatic heterocycles. The van der Waals surface area contributed by atoms with E-state index in [1.165, 1.54) is 11.1 Å². The molecule has 1 fully saturated rings. The van der Waals surface area contributed by atoms with Crippen molar-refractivity contribution >= 4 is 5.91 Å². The van der Waals surface area contributed by atoms with Gasteiger partial charge in [-0.05, 0) is 31.4 Å². The van der Waals surface area contributed by atoms with Crippen molar-refractivity contribution in [2.24, 2.45) is 5.73 Å². The molecule has 1 aromatic rings. The van der Waals surface area contributed by atoms with Crippen molar-refractivity contribution in [2.75, 3.05) is 13.1 Å². The largest absolute Gasteiger partial charge is 0.353 e. The molecule has 1 aromatic carbocycles. The molecular weight excluding hydrogens is 238 g/mol. The van der Waals surface area contributed by atoms with Gasteiger partial charge in [-0.25, -0.2) is 0 Å². The molecule has 4 nitrogen and oxygen atoms in total. The maximum Gasteiger partial charge on any atom is 0.240 e. The summed E-state index contributed by atoms with van der Waals surface area (Å²) in [5.74, 6) is 0.108. The molecule has 0 saturated carbocycles. The Balaban J connectivity index is 1.98. The van der Waals surface area contributed by atoms with E-state index in [1.807, 2.05) is 19.9 Å². The topological polar surface area (TPSA) is 58.4 Å². The third kappa shape index (κ3) is 1.86. The number of nitrogens with one attached hydrogen (secondary N) is 1. The number of benzene rings is 1. The first-order chi connectivity index (χ1) is 9.01. The summed E-state index contributed by atoms with van der Waals surface area (Å²) in [4.78, 5) is 14.4. The van der Waals surface area contributed by atoms with Crippen LogP contribution in [-0.2, 0) is 4.79 Å². The van der Waals surface area contributed by atoms with Crippen LogP contribution >= 0.6 is 0 Å². The van der Waals surface area contributed by atoms with Crippen LogP contribution < -0.4 is 11.1 Å². The van der Waals surface area contributed by atoms with Gasteiger partial charge in [0.25, 0.3) is 0 Å². The average molecular weight is 259 g/mol. The highest BCUT2D eigenvalue weighted by molar-refractivity contribution is 5.86. The first-order valence-corrected chi connectivity index (χ1v) is 6.91. The Labute approximate surface area is 114 Å². The Bertz CT molecular complexity index is 512. The second-order valence-electron chi connectivity index (χ2n) is 6.00. The zero-order valence-corrected chi connectivity index (χ0v) is 11.5. The molecule has 3 rings (SSSR count). The molecule has 2 unspecified atom stereocenters. The SMILES string of the molecule is CC1(C)C(=O)NCCN1C1CC(N)c2ccccc21. The highest BCUT2D eigenvalue weighted by Gasteiger charge is 2.44. The summed E-state index contributed by atoms with van der Waals surface area (Å²) in [6, 6.07) is 8.69. The van der Waals surface area contributed by atoms with Crippen LogP contribution in [0.3, 0.4) is 0 Å². The first-order valence-electron chi connectivity index (χ1n) is 6.91. The molecule has 0 bridgehead atoms. The molecule has 1 aliphatic heterocycles. The van der Waals surface area contributed by atoms with E-state index in [0.29, 0.717) is 0 Å². The molecule has 0 spiro atoms. The number of fused-ring (bicyclic) bond motifs is 1. The van der Waals surface area contributed by atoms with Gasteiger partial charge in [0.15, 0.2) is 0 Å². The summed E-state index contributed by atoms with van der Waals surface area (Å²) in [6.45, 7) is 5.59. The quantitative estimate of drug-likeness (QED) is 0.800. The predicted molar refractivity (Wildman–Crippen MR) is 74.5 cm³/mol. The fourth-order valence-electron chi connectivity index (χ4n) is 3.40. The van der Waals surface area contributed by atoms with E-state index in [1.54, 1.807) is 0 Å². The number of hydrogen-bond acceptors (Lipinski definition) is 3. The third-order valence-electron chi connectivity index (χ3n) is 4.52. The molecule has 1 saturated heterocycles. The highest BCUT2D eigenvalue weighted by Crippen LogP contribution is 2.43. The van der Waals surface area contributed by atoms with Crippen LogP contribution in [0.1, 0.15) is 43.5 Å². The summed E-state index contributed by atoms with van der Waals surface area (Å²) < 4.78 is 0. The van der Waals surface area contributed by atoms with Crippen molar-refractivity contribution in [3.8, 4) is 0 Å². The second-order valence-corrected chi connectivity index (χ2v) is 6.00. The maximum absolute atomic E-state index is 12.1. The van der Waals surface area contributed by atoms with E-state index in [0.717, 1.165) is 19.5 Å². The van der Waals surface area contributed by atoms with Crippen molar-refractivity contribution in [3.05, 3.63) is 35.4 Å². The zero-order chi connectivity index (χ0) is 13.6. The average Bonchev–Trinajstić information content (AvgIpc) is 2.71. The van der Waals surface area contributed by atoms with Gasteiger partial charge in [0.05, 0.1) is 5.54 Å². The van der Waals surface area contributed by atoms with E-state index in [-0.39, 0.29) is 18.0 Å². The molecule has 0 radical (unpaired) electrons. The van der Waals surface area contributed by atoms with Crippen molar-refractivity contribution in [2.45, 2.75) is 37.9 Å². The van der Waals surface area contributed by atoms with Gasteiger partial charge in [-0.2, -0.15) is 0 Å². The minimum absolute atomic E-state index is 0.0852. The van der Waals surface area contributed by atoms with Gasteiger partial charge in [-0.3, -0.25) is 9.69 Å². The standard InChI is InChI=1S/C15H21N3O/c1-15(2)14(19)17-7-8-18(15)13-9-12(16)10-5-3-4-6-11(10)13/h3-6,12-13H,7-9,16H2,1-2H3,(H,17,19). The number of carbonyl (C=O) groups excluding carboxylic acids is 1. The molecule has 19 heavy (non-hydrogen) atoms. The summed E-state index contributed by atoms with van der Waals surface area (Å²) in [5, 5.41) is 2.95. The summed E-state index contributed by atoms with van der Waals surface area (Å²) in [5.41, 5.74) is 8.29. The van der Waals surface area contributed by atoms with Crippen LogP contribution in [0.2, 0.25) is 0 Å². The summed E-state index contributed by atoms with van der Waals surface area (Å²) >= 11 is 0. The van der Waals surface area contributed by atoms with Crippen LogP contribution in [0.25, 0.3) is 0 Å². The zero-order valence-electron chi connectivity index (χ0n) is 11.5. The normalized spacial score (nSPS) is 29.9. The molecule has 4 heteroatoms. The van der Waals surface area contributed by atoms with Crippen molar-refractivity contribution in [3.63, 3.8) is 0 Å². The highest BCUT2D eigenvalue weighted by atomic mass is 16.2. The third-order valence-corrected chi connectivity index (χ3v) is 4.52. The molecule has 3 N–H and O–H groups in total. The second kappa shape index (κ2) is 4.32. The van der Waals surface area contributed by atoms with Gasteiger partial charge >= 0.3 is 0 Å². The van der Waals surface area contributed by atoms with Crippen LogP contribution in [0.15, 0.2) is 24.3 Å². The Morgan fingerprint density at radius 1 is 1.32 bits per heavy atom. The van der Waals surface area contributed by atoms with E-state index < -0.39 is 5.54 Å². The van der Waals surface area contributed by atoms with E-state index in [4.69, 9.17) is 5.73 Å². The summed E-state index contributed by atoms with van der Waals surface area (Å²) in [6.07, 6.45) is 0.899. The van der Waals surface area contributed by atoms with Crippen LogP contribution in [-0.4, -0.2) is 29.4 Å². The number of carbonyl (C=O) groups is 1. The van der Waals surface area contributed by atoms with Gasteiger partial charge in [-0.1, -0.05) is 24.3 Å². The molecule has 1 amide bonds. The Hall–Kier alpha value is -1.39. The lowest BCUT2D eigenvalue weighted by Crippen LogP contribution is -2.62. The maximum atomic E-state index is 12.1. The first kappa shape index (κ1) is 12.6. The molecule has 2 aliphatic rings. The molecular formula is C15H21N3O. The van der Waals surface area contributed by atoms with Crippen molar-refractivity contribution in [1.29, 1.82) is 0 Å². The number of piperazine rings is 1. The van der Waals surface area contributed by atoms with Crippen molar-refractivity contribution < 1.29 is 4.79 Å². The summed E-state index contributed by atoms with van der Waals surface area (Å²) in [7, 11) is 0. The fraction of sp³-hybridized carbons (Fsp3) is 0.533. The lowest BCUT2D eigenvalue weighted by atomic mass is 9.94. The minimum Gasteiger partial charge on any atom is -0.353 e. The van der Waals surface area contributed by atoms with Crippen LogP contribution in [0, 0.1) is 0 Å². The Morgan fingerprint density at radius 2 is 2.00 bits per heavy atom. The monoisotopic (exact) mass is 259 g/mol. The van der Waals surface area contributed by atoms with E-state index >= 15 is 0 Å². The van der Waals surface area contributed by atoms with E-state index in [2.05, 4.69) is 28.4 Å². The van der Waals surface area contributed by atoms with Gasteiger partial charge in [0.1, 0.15) is 0 Å². The van der Waals surface area contributed by atoms with Gasteiger partial charge in [0, 0.05) is 25.2 Å². The predicted octanol–water partition coefficient (Wildman–Crippen LogP) is 1.34. The van der Waals surface area contributed by atoms with Crippen LogP contribution in [0.4, 0.5) is 0 Å².